The Morgan fingerprint density at radius 3 is 2.40 bits per heavy atom. The van der Waals surface area contributed by atoms with Gasteiger partial charge in [0.15, 0.2) is 17.4 Å². The van der Waals surface area contributed by atoms with E-state index in [2.05, 4.69) is 20.8 Å². The number of benzene rings is 1. The number of nitrogens with zero attached hydrogens (tertiary/aromatic N) is 2. The quantitative estimate of drug-likeness (QED) is 0.380. The van der Waals surface area contributed by atoms with Gasteiger partial charge in [0.2, 0.25) is 5.91 Å². The van der Waals surface area contributed by atoms with Crippen molar-refractivity contribution < 1.29 is 33.0 Å². The van der Waals surface area contributed by atoms with E-state index in [1.807, 2.05) is 20.8 Å². The lowest BCUT2D eigenvalue weighted by Gasteiger charge is -2.31. The maximum atomic E-state index is 15.1. The number of carbonyl (C=O) groups excluding carboxylic acids is 3. The van der Waals surface area contributed by atoms with Gasteiger partial charge in [-0.25, -0.2) is 4.39 Å². The Balaban J connectivity index is 1.27. The number of anilines is 1. The Hall–Kier alpha value is -3.47. The summed E-state index contributed by atoms with van der Waals surface area (Å²) in [6, 6.07) is 3.59. The van der Waals surface area contributed by atoms with E-state index in [4.69, 9.17) is 25.8 Å². The predicted octanol–water partition coefficient (Wildman–Crippen LogP) is 5.34. The molecule has 3 saturated carbocycles. The maximum Gasteiger partial charge on any atom is 0.309 e. The van der Waals surface area contributed by atoms with Crippen LogP contribution in [0.4, 0.5) is 10.2 Å². The number of nitrogens with one attached hydrogen (secondary N) is 2. The topological polar surface area (TPSA) is 129 Å². The number of amides is 2. The standard InChI is InChI=1S/C31H38ClFN4O6/c1-31(2,3)43-30(40)16-7-9-20(10-8-16)42-24-13-21(23(41-4)14-22(24)33)28(38)36-27-18-6-5-17(11-18)26(27)29(39)35-25-12-19(32)15-34-37-25/h12-18,20,26-27H,5-11H2,1-4H3,(H,36,38)(H,35,37,39). The molecule has 2 amide bonds. The molecule has 0 spiro atoms. The molecule has 1 aromatic heterocycles. The molecule has 0 radical (unpaired) electrons. The highest BCUT2D eigenvalue weighted by Crippen LogP contribution is 2.49. The van der Waals surface area contributed by atoms with Crippen LogP contribution in [0.3, 0.4) is 0 Å². The summed E-state index contributed by atoms with van der Waals surface area (Å²) in [6.45, 7) is 5.51. The van der Waals surface area contributed by atoms with Gasteiger partial charge in [0.25, 0.3) is 5.91 Å². The molecule has 3 aliphatic rings. The zero-order chi connectivity index (χ0) is 30.9. The lowest BCUT2D eigenvalue weighted by molar-refractivity contribution is -0.161. The van der Waals surface area contributed by atoms with E-state index < -0.39 is 29.3 Å². The molecule has 3 fully saturated rings. The minimum absolute atomic E-state index is 0.0616. The smallest absolute Gasteiger partial charge is 0.309 e. The van der Waals surface area contributed by atoms with Crippen molar-refractivity contribution in [1.29, 1.82) is 0 Å². The first-order valence-electron chi connectivity index (χ1n) is 14.8. The van der Waals surface area contributed by atoms with Gasteiger partial charge >= 0.3 is 5.97 Å². The molecule has 2 bridgehead atoms. The molecule has 3 aliphatic carbocycles. The number of methoxy groups -OCH3 is 1. The van der Waals surface area contributed by atoms with Crippen LogP contribution in [0, 0.1) is 29.5 Å². The first kappa shape index (κ1) is 31.0. The van der Waals surface area contributed by atoms with E-state index in [0.29, 0.717) is 30.7 Å². The van der Waals surface area contributed by atoms with Crippen LogP contribution in [0.5, 0.6) is 11.5 Å². The Morgan fingerprint density at radius 2 is 1.72 bits per heavy atom. The number of fused-ring (bicyclic) bond motifs is 2. The molecule has 1 aromatic carbocycles. The van der Waals surface area contributed by atoms with E-state index in [0.717, 1.165) is 25.3 Å². The van der Waals surface area contributed by atoms with Crippen molar-refractivity contribution in [3.05, 3.63) is 40.8 Å². The van der Waals surface area contributed by atoms with Gasteiger partial charge in [-0.05, 0) is 83.6 Å². The summed E-state index contributed by atoms with van der Waals surface area (Å²) in [5.74, 6) is -1.81. The second-order valence-electron chi connectivity index (χ2n) is 12.7. The fourth-order valence-corrected chi connectivity index (χ4v) is 6.82. The van der Waals surface area contributed by atoms with Gasteiger partial charge in [0.1, 0.15) is 11.4 Å². The van der Waals surface area contributed by atoms with Crippen LogP contribution in [0.2, 0.25) is 5.02 Å². The summed E-state index contributed by atoms with van der Waals surface area (Å²) < 4.78 is 31.9. The second-order valence-corrected chi connectivity index (χ2v) is 13.2. The van der Waals surface area contributed by atoms with Crippen LogP contribution in [0.1, 0.15) is 76.1 Å². The van der Waals surface area contributed by atoms with Gasteiger partial charge in [-0.1, -0.05) is 11.6 Å². The summed E-state index contributed by atoms with van der Waals surface area (Å²) in [5, 5.41) is 13.9. The lowest BCUT2D eigenvalue weighted by atomic mass is 9.83. The fraction of sp³-hybridized carbons (Fsp3) is 0.581. The largest absolute Gasteiger partial charge is 0.496 e. The SMILES string of the molecule is COc1cc(F)c(OC2CCC(C(=O)OC(C)(C)C)CC2)cc1C(=O)NC1C2CCC(C2)C1C(=O)Nc1cc(Cl)cnn1. The third-order valence-corrected chi connectivity index (χ3v) is 8.80. The number of rotatable bonds is 8. The summed E-state index contributed by atoms with van der Waals surface area (Å²) in [5.41, 5.74) is -0.440. The second kappa shape index (κ2) is 12.6. The number of halogens is 2. The van der Waals surface area contributed by atoms with Gasteiger partial charge in [0, 0.05) is 18.2 Å². The molecule has 1 heterocycles. The number of esters is 1. The van der Waals surface area contributed by atoms with Gasteiger partial charge in [-0.3, -0.25) is 14.4 Å². The first-order valence-corrected chi connectivity index (χ1v) is 15.2. The Morgan fingerprint density at radius 1 is 1.00 bits per heavy atom. The Labute approximate surface area is 255 Å². The molecule has 43 heavy (non-hydrogen) atoms. The van der Waals surface area contributed by atoms with E-state index in [1.54, 1.807) is 0 Å². The van der Waals surface area contributed by atoms with Crippen molar-refractivity contribution in [1.82, 2.24) is 15.5 Å². The van der Waals surface area contributed by atoms with Crippen molar-refractivity contribution in [2.45, 2.75) is 83.5 Å². The monoisotopic (exact) mass is 616 g/mol. The van der Waals surface area contributed by atoms with Gasteiger partial charge in [0.05, 0.1) is 41.8 Å². The van der Waals surface area contributed by atoms with Crippen LogP contribution in [-0.4, -0.2) is 52.8 Å². The molecule has 0 saturated heterocycles. The summed E-state index contributed by atoms with van der Waals surface area (Å²) in [7, 11) is 1.36. The lowest BCUT2D eigenvalue weighted by Crippen LogP contribution is -2.48. The molecule has 2 N–H and O–H groups in total. The molecule has 232 valence electrons. The zero-order valence-corrected chi connectivity index (χ0v) is 25.6. The number of ether oxygens (including phenoxy) is 3. The normalized spacial score (nSPS) is 26.5. The third-order valence-electron chi connectivity index (χ3n) is 8.60. The highest BCUT2D eigenvalue weighted by atomic mass is 35.5. The number of hydrogen-bond donors (Lipinski definition) is 2. The van der Waals surface area contributed by atoms with Gasteiger partial charge < -0.3 is 24.8 Å². The van der Waals surface area contributed by atoms with Crippen LogP contribution < -0.4 is 20.1 Å². The predicted molar refractivity (Wildman–Crippen MR) is 156 cm³/mol. The Bertz CT molecular complexity index is 1380. The molecule has 2 aromatic rings. The van der Waals surface area contributed by atoms with E-state index in [1.165, 1.54) is 25.4 Å². The molecule has 4 unspecified atom stereocenters. The van der Waals surface area contributed by atoms with Crippen molar-refractivity contribution in [3.8, 4) is 11.5 Å². The number of carbonyl (C=O) groups is 3. The number of hydrogen-bond acceptors (Lipinski definition) is 8. The van der Waals surface area contributed by atoms with Crippen molar-refractivity contribution >= 4 is 35.2 Å². The summed E-state index contributed by atoms with van der Waals surface area (Å²) >= 11 is 5.99. The van der Waals surface area contributed by atoms with Gasteiger partial charge in [-0.2, -0.15) is 5.10 Å². The summed E-state index contributed by atoms with van der Waals surface area (Å²) in [4.78, 5) is 39.4. The molecular weight excluding hydrogens is 579 g/mol. The van der Waals surface area contributed by atoms with Crippen molar-refractivity contribution in [3.63, 3.8) is 0 Å². The minimum Gasteiger partial charge on any atom is -0.496 e. The van der Waals surface area contributed by atoms with Crippen LogP contribution >= 0.6 is 11.6 Å². The van der Waals surface area contributed by atoms with Crippen LogP contribution in [-0.2, 0) is 14.3 Å². The van der Waals surface area contributed by atoms with Crippen LogP contribution in [0.15, 0.2) is 24.4 Å². The average Bonchev–Trinajstić information content (AvgIpc) is 3.55. The zero-order valence-electron chi connectivity index (χ0n) is 24.8. The maximum absolute atomic E-state index is 15.1. The molecule has 10 nitrogen and oxygen atoms in total. The van der Waals surface area contributed by atoms with E-state index in [-0.39, 0.29) is 58.6 Å². The first-order chi connectivity index (χ1) is 20.4. The molecule has 12 heteroatoms. The van der Waals surface area contributed by atoms with E-state index in [9.17, 15) is 14.4 Å². The Kier molecular flexibility index (Phi) is 9.10. The van der Waals surface area contributed by atoms with Crippen LogP contribution in [0.25, 0.3) is 0 Å². The van der Waals surface area contributed by atoms with Crippen molar-refractivity contribution in [2.75, 3.05) is 12.4 Å². The molecule has 0 aliphatic heterocycles. The molecular formula is C31H38ClFN4O6. The average molecular weight is 617 g/mol. The highest BCUT2D eigenvalue weighted by molar-refractivity contribution is 6.30. The van der Waals surface area contributed by atoms with Gasteiger partial charge in [-0.15, -0.1) is 5.10 Å². The fourth-order valence-electron chi connectivity index (χ4n) is 6.67. The molecule has 4 atom stereocenters. The summed E-state index contributed by atoms with van der Waals surface area (Å²) in [6.07, 6.45) is 5.92. The number of aromatic nitrogens is 2. The highest BCUT2D eigenvalue weighted by Gasteiger charge is 2.51. The van der Waals surface area contributed by atoms with Crippen molar-refractivity contribution in [2.24, 2.45) is 23.7 Å². The minimum atomic E-state index is -0.650. The molecule has 5 rings (SSSR count). The van der Waals surface area contributed by atoms with E-state index >= 15 is 4.39 Å². The third kappa shape index (κ3) is 7.20.